The molecule has 0 fully saturated rings. The number of nitrogens with zero attached hydrogens (tertiary/aromatic N) is 1. The zero-order valence-electron chi connectivity index (χ0n) is 19.1. The van der Waals surface area contributed by atoms with Gasteiger partial charge in [-0.05, 0) is 48.9 Å². The van der Waals surface area contributed by atoms with Crippen LogP contribution in [0.5, 0.6) is 0 Å². The van der Waals surface area contributed by atoms with E-state index in [1.54, 1.807) is 0 Å². The van der Waals surface area contributed by atoms with E-state index in [4.69, 9.17) is 0 Å². The van der Waals surface area contributed by atoms with Gasteiger partial charge in [0.25, 0.3) is 5.09 Å². The molecule has 0 heterocycles. The molecule has 0 N–H and O–H groups in total. The van der Waals surface area contributed by atoms with E-state index in [9.17, 15) is 10.1 Å². The average molecular weight is 406 g/mol. The maximum atomic E-state index is 10.5. The molecular formula is C25H43NO3. The Morgan fingerprint density at radius 1 is 0.793 bits per heavy atom. The predicted molar refractivity (Wildman–Crippen MR) is 122 cm³/mol. The van der Waals surface area contributed by atoms with Gasteiger partial charge in [0.1, 0.15) is 6.61 Å². The molecule has 0 aliphatic heterocycles. The predicted octanol–water partition coefficient (Wildman–Crippen LogP) is 8.04. The van der Waals surface area contributed by atoms with Crippen LogP contribution in [-0.4, -0.2) is 5.09 Å². The number of aryl methyl sites for hydroxylation is 1. The second kappa shape index (κ2) is 16.2. The Morgan fingerprint density at radius 2 is 1.28 bits per heavy atom. The van der Waals surface area contributed by atoms with Gasteiger partial charge in [0.2, 0.25) is 0 Å². The molecule has 0 aromatic heterocycles. The van der Waals surface area contributed by atoms with Crippen molar-refractivity contribution in [3.05, 3.63) is 44.5 Å². The van der Waals surface area contributed by atoms with Gasteiger partial charge in [-0.2, -0.15) is 0 Å². The molecule has 166 valence electrons. The molecule has 4 nitrogen and oxygen atoms in total. The van der Waals surface area contributed by atoms with Gasteiger partial charge >= 0.3 is 0 Å². The van der Waals surface area contributed by atoms with E-state index in [1.165, 1.54) is 100 Å². The molecule has 29 heavy (non-hydrogen) atoms. The Kier molecular flexibility index (Phi) is 14.3. The maximum absolute atomic E-state index is 10.5. The lowest BCUT2D eigenvalue weighted by molar-refractivity contribution is -0.763. The summed E-state index contributed by atoms with van der Waals surface area (Å²) in [6.07, 6.45) is 20.0. The lowest BCUT2D eigenvalue weighted by Gasteiger charge is -2.14. The Labute approximate surface area is 178 Å². The molecule has 0 aliphatic carbocycles. The topological polar surface area (TPSA) is 52.4 Å². The van der Waals surface area contributed by atoms with E-state index in [0.29, 0.717) is 0 Å². The van der Waals surface area contributed by atoms with Crippen molar-refractivity contribution < 1.29 is 9.92 Å². The molecule has 0 saturated heterocycles. The molecule has 1 rings (SSSR count). The fourth-order valence-electron chi connectivity index (χ4n) is 4.03. The highest BCUT2D eigenvalue weighted by Gasteiger charge is 2.09. The van der Waals surface area contributed by atoms with Gasteiger partial charge in [-0.3, -0.25) is 0 Å². The Balaban J connectivity index is 2.11. The number of hydrogen-bond acceptors (Lipinski definition) is 3. The van der Waals surface area contributed by atoms with Crippen LogP contribution in [0.3, 0.4) is 0 Å². The molecule has 0 amide bonds. The lowest BCUT2D eigenvalue weighted by Crippen LogP contribution is -2.05. The van der Waals surface area contributed by atoms with Gasteiger partial charge in [-0.15, -0.1) is 10.1 Å². The van der Waals surface area contributed by atoms with Gasteiger partial charge in [0, 0.05) is 0 Å². The smallest absolute Gasteiger partial charge is 0.294 e. The van der Waals surface area contributed by atoms with Crippen molar-refractivity contribution in [2.24, 2.45) is 0 Å². The monoisotopic (exact) mass is 405 g/mol. The summed E-state index contributed by atoms with van der Waals surface area (Å²) in [5.41, 5.74) is 4.70. The molecule has 0 radical (unpaired) electrons. The van der Waals surface area contributed by atoms with Crippen LogP contribution in [0.25, 0.3) is 0 Å². The van der Waals surface area contributed by atoms with Crippen molar-refractivity contribution in [3.8, 4) is 0 Å². The van der Waals surface area contributed by atoms with Gasteiger partial charge in [-0.1, -0.05) is 103 Å². The Bertz CT molecular complexity index is 571. The second-order valence-corrected chi connectivity index (χ2v) is 8.49. The summed E-state index contributed by atoms with van der Waals surface area (Å²) in [6, 6.07) is 4.01. The molecule has 1 aromatic rings. The molecule has 1 aromatic carbocycles. The summed E-state index contributed by atoms with van der Waals surface area (Å²) in [4.78, 5) is 15.1. The third-order valence-electron chi connectivity index (χ3n) is 6.07. The Morgan fingerprint density at radius 3 is 1.76 bits per heavy atom. The molecule has 4 heteroatoms. The van der Waals surface area contributed by atoms with E-state index in [-0.39, 0.29) is 6.61 Å². The summed E-state index contributed by atoms with van der Waals surface area (Å²) >= 11 is 0. The van der Waals surface area contributed by atoms with Gasteiger partial charge in [0.15, 0.2) is 0 Å². The average Bonchev–Trinajstić information content (AvgIpc) is 2.70. The van der Waals surface area contributed by atoms with Gasteiger partial charge < -0.3 is 4.84 Å². The van der Waals surface area contributed by atoms with E-state index in [2.05, 4.69) is 25.6 Å². The molecular weight excluding hydrogens is 362 g/mol. The quantitative estimate of drug-likeness (QED) is 0.141. The molecule has 0 saturated carbocycles. The van der Waals surface area contributed by atoms with Crippen LogP contribution in [0.4, 0.5) is 0 Å². The highest BCUT2D eigenvalue weighted by atomic mass is 16.9. The van der Waals surface area contributed by atoms with Crippen LogP contribution in [0.15, 0.2) is 12.1 Å². The van der Waals surface area contributed by atoms with Gasteiger partial charge in [-0.25, -0.2) is 0 Å². The summed E-state index contributed by atoms with van der Waals surface area (Å²) in [5, 5.41) is 9.81. The van der Waals surface area contributed by atoms with E-state index in [1.807, 2.05) is 12.1 Å². The van der Waals surface area contributed by atoms with Crippen LogP contribution >= 0.6 is 0 Å². The standard InChI is InChI=1S/C25H43NO3/c1-4-5-6-7-8-9-10-11-12-13-14-15-16-17-18-25-23(3)22(2)19-20-24(25)21-29-26(27)28/h19-20H,4-18,21H2,1-3H3. The minimum atomic E-state index is -0.703. The summed E-state index contributed by atoms with van der Waals surface area (Å²) in [5.74, 6) is 0. The van der Waals surface area contributed by atoms with Crippen molar-refractivity contribution >= 4 is 0 Å². The van der Waals surface area contributed by atoms with E-state index < -0.39 is 5.09 Å². The minimum absolute atomic E-state index is 0.0576. The second-order valence-electron chi connectivity index (χ2n) is 8.49. The van der Waals surface area contributed by atoms with Crippen molar-refractivity contribution in [1.82, 2.24) is 0 Å². The fraction of sp³-hybridized carbons (Fsp3) is 0.760. The zero-order valence-corrected chi connectivity index (χ0v) is 19.1. The first kappa shape index (κ1) is 25.5. The first-order valence-electron chi connectivity index (χ1n) is 11.9. The molecule has 0 bridgehead atoms. The first-order valence-corrected chi connectivity index (χ1v) is 11.9. The minimum Gasteiger partial charge on any atom is -0.309 e. The lowest BCUT2D eigenvalue weighted by atomic mass is 9.93. The van der Waals surface area contributed by atoms with Crippen LogP contribution in [0.2, 0.25) is 0 Å². The van der Waals surface area contributed by atoms with Crippen molar-refractivity contribution in [2.75, 3.05) is 0 Å². The number of benzene rings is 1. The first-order chi connectivity index (χ1) is 14.1. The molecule has 0 atom stereocenters. The fourth-order valence-corrected chi connectivity index (χ4v) is 4.03. The third-order valence-corrected chi connectivity index (χ3v) is 6.07. The Hall–Kier alpha value is -1.58. The van der Waals surface area contributed by atoms with Crippen molar-refractivity contribution in [3.63, 3.8) is 0 Å². The molecule has 0 spiro atoms. The number of unbranched alkanes of at least 4 members (excludes halogenated alkanes) is 13. The summed E-state index contributed by atoms with van der Waals surface area (Å²) in [7, 11) is 0. The molecule has 0 unspecified atom stereocenters. The van der Waals surface area contributed by atoms with Crippen molar-refractivity contribution in [1.29, 1.82) is 0 Å². The van der Waals surface area contributed by atoms with E-state index in [0.717, 1.165) is 18.4 Å². The van der Waals surface area contributed by atoms with Gasteiger partial charge in [0.05, 0.1) is 0 Å². The highest BCUT2D eigenvalue weighted by Crippen LogP contribution is 2.22. The molecule has 0 aliphatic rings. The van der Waals surface area contributed by atoms with Crippen molar-refractivity contribution in [2.45, 2.75) is 124 Å². The summed E-state index contributed by atoms with van der Waals surface area (Å²) in [6.45, 7) is 6.55. The number of rotatable bonds is 18. The van der Waals surface area contributed by atoms with Crippen LogP contribution < -0.4 is 0 Å². The van der Waals surface area contributed by atoms with E-state index >= 15 is 0 Å². The van der Waals surface area contributed by atoms with Crippen LogP contribution in [0.1, 0.15) is 119 Å². The zero-order chi connectivity index (χ0) is 21.3. The highest BCUT2D eigenvalue weighted by molar-refractivity contribution is 5.39. The van der Waals surface area contributed by atoms with Crippen LogP contribution in [0, 0.1) is 24.0 Å². The maximum Gasteiger partial charge on any atom is 0.294 e. The van der Waals surface area contributed by atoms with Crippen LogP contribution in [-0.2, 0) is 17.9 Å². The largest absolute Gasteiger partial charge is 0.309 e. The third kappa shape index (κ3) is 11.9. The summed E-state index contributed by atoms with van der Waals surface area (Å²) < 4.78 is 0. The number of hydrogen-bond donors (Lipinski definition) is 0. The normalized spacial score (nSPS) is 11.0. The SMILES string of the molecule is CCCCCCCCCCCCCCCCc1c(CO[N+](=O)[O-])ccc(C)c1C.